The molecule has 1 nitrogen and oxygen atoms in total. The molecular weight excluding hydrogens is 208 g/mol. The van der Waals surface area contributed by atoms with Gasteiger partial charge in [0.1, 0.15) is 0 Å². The van der Waals surface area contributed by atoms with Crippen LogP contribution in [0, 0.1) is 11.8 Å². The Labute approximate surface area is 103 Å². The van der Waals surface area contributed by atoms with Crippen LogP contribution in [0.5, 0.6) is 0 Å². The molecule has 1 fully saturated rings. The summed E-state index contributed by atoms with van der Waals surface area (Å²) < 4.78 is 0. The van der Waals surface area contributed by atoms with Crippen molar-refractivity contribution in [3.63, 3.8) is 0 Å². The summed E-state index contributed by atoms with van der Waals surface area (Å²) in [6, 6.07) is 8.29. The van der Waals surface area contributed by atoms with Crippen LogP contribution in [0.1, 0.15) is 60.9 Å². The molecular formula is C16H20O. The van der Waals surface area contributed by atoms with Gasteiger partial charge in [0, 0.05) is 11.5 Å². The minimum absolute atomic E-state index is 0.323. The molecule has 2 aliphatic rings. The molecule has 0 amide bonds. The summed E-state index contributed by atoms with van der Waals surface area (Å²) in [7, 11) is 0. The number of carbonyl (C=O) groups is 1. The SMILES string of the molecule is CC[C@H]1c2ccccc2C(=O)[C@@H]2CCCC[C@@H]21. The average Bonchev–Trinajstić information content (AvgIpc) is 2.40. The third kappa shape index (κ3) is 1.64. The lowest BCUT2D eigenvalue weighted by molar-refractivity contribution is 0.0760. The molecule has 90 valence electrons. The number of rotatable bonds is 1. The van der Waals surface area contributed by atoms with Crippen LogP contribution in [-0.4, -0.2) is 5.78 Å². The molecule has 0 N–H and O–H groups in total. The highest BCUT2D eigenvalue weighted by atomic mass is 16.1. The standard InChI is InChI=1S/C16H20O/c1-2-11-12-7-3-5-9-14(12)16(17)15-10-6-4-8-13(11)15/h3,5,7,9,11,13,15H,2,4,6,8,10H2,1H3/t11-,13+,15+/m0/s1. The van der Waals surface area contributed by atoms with Gasteiger partial charge in [-0.2, -0.15) is 0 Å². The van der Waals surface area contributed by atoms with E-state index < -0.39 is 0 Å². The van der Waals surface area contributed by atoms with Gasteiger partial charge in [0.25, 0.3) is 0 Å². The fourth-order valence-corrected chi connectivity index (χ4v) is 3.96. The highest BCUT2D eigenvalue weighted by Gasteiger charge is 2.41. The minimum Gasteiger partial charge on any atom is -0.294 e. The van der Waals surface area contributed by atoms with Crippen LogP contribution >= 0.6 is 0 Å². The first kappa shape index (κ1) is 11.0. The minimum atomic E-state index is 0.323. The number of hydrogen-bond donors (Lipinski definition) is 0. The predicted octanol–water partition coefficient (Wildman–Crippen LogP) is 4.18. The monoisotopic (exact) mass is 228 g/mol. The Kier molecular flexibility index (Phi) is 2.78. The van der Waals surface area contributed by atoms with E-state index >= 15 is 0 Å². The molecule has 0 unspecified atom stereocenters. The Morgan fingerprint density at radius 2 is 1.94 bits per heavy atom. The normalized spacial score (nSPS) is 31.8. The molecule has 1 heteroatoms. The Morgan fingerprint density at radius 3 is 2.76 bits per heavy atom. The van der Waals surface area contributed by atoms with Crippen LogP contribution in [0.4, 0.5) is 0 Å². The first-order valence-corrected chi connectivity index (χ1v) is 6.96. The van der Waals surface area contributed by atoms with Crippen molar-refractivity contribution >= 4 is 5.78 Å². The summed E-state index contributed by atoms with van der Waals surface area (Å²) in [4.78, 5) is 12.5. The van der Waals surface area contributed by atoms with Gasteiger partial charge in [-0.25, -0.2) is 0 Å². The second kappa shape index (κ2) is 4.29. The Morgan fingerprint density at radius 1 is 1.18 bits per heavy atom. The number of Topliss-reactive ketones (excluding diaryl/α,β-unsaturated/α-hetero) is 1. The lowest BCUT2D eigenvalue weighted by Gasteiger charge is -2.41. The summed E-state index contributed by atoms with van der Waals surface area (Å²) in [6.45, 7) is 2.27. The lowest BCUT2D eigenvalue weighted by Crippen LogP contribution is -2.36. The molecule has 0 radical (unpaired) electrons. The van der Waals surface area contributed by atoms with Gasteiger partial charge in [0.2, 0.25) is 0 Å². The molecule has 1 aromatic rings. The van der Waals surface area contributed by atoms with E-state index in [9.17, 15) is 4.79 Å². The zero-order valence-corrected chi connectivity index (χ0v) is 10.5. The molecule has 0 spiro atoms. The Bertz CT molecular complexity index is 435. The zero-order valence-electron chi connectivity index (χ0n) is 10.5. The van der Waals surface area contributed by atoms with Gasteiger partial charge in [-0.15, -0.1) is 0 Å². The van der Waals surface area contributed by atoms with Crippen LogP contribution in [-0.2, 0) is 0 Å². The van der Waals surface area contributed by atoms with Crippen molar-refractivity contribution in [2.45, 2.75) is 44.9 Å². The van der Waals surface area contributed by atoms with E-state index in [1.54, 1.807) is 0 Å². The predicted molar refractivity (Wildman–Crippen MR) is 69.3 cm³/mol. The summed E-state index contributed by atoms with van der Waals surface area (Å²) >= 11 is 0. The molecule has 2 aliphatic carbocycles. The van der Waals surface area contributed by atoms with Gasteiger partial charge in [0.05, 0.1) is 0 Å². The van der Waals surface area contributed by atoms with Crippen LogP contribution in [0.15, 0.2) is 24.3 Å². The molecule has 0 aliphatic heterocycles. The van der Waals surface area contributed by atoms with Crippen molar-refractivity contribution < 1.29 is 4.79 Å². The molecule has 0 heterocycles. The largest absolute Gasteiger partial charge is 0.294 e. The second-order valence-electron chi connectivity index (χ2n) is 5.52. The third-order valence-electron chi connectivity index (χ3n) is 4.74. The van der Waals surface area contributed by atoms with E-state index in [1.807, 2.05) is 12.1 Å². The number of fused-ring (bicyclic) bond motifs is 2. The molecule has 1 aromatic carbocycles. The smallest absolute Gasteiger partial charge is 0.166 e. The lowest BCUT2D eigenvalue weighted by atomic mass is 9.62. The molecule has 0 aromatic heterocycles. The second-order valence-corrected chi connectivity index (χ2v) is 5.52. The maximum absolute atomic E-state index is 12.5. The molecule has 1 saturated carbocycles. The van der Waals surface area contributed by atoms with E-state index in [0.717, 1.165) is 12.0 Å². The van der Waals surface area contributed by atoms with Gasteiger partial charge in [-0.05, 0) is 36.7 Å². The van der Waals surface area contributed by atoms with Crippen molar-refractivity contribution in [1.29, 1.82) is 0 Å². The van der Waals surface area contributed by atoms with Crippen molar-refractivity contribution in [2.75, 3.05) is 0 Å². The van der Waals surface area contributed by atoms with Crippen LogP contribution in [0.2, 0.25) is 0 Å². The number of ketones is 1. The highest BCUT2D eigenvalue weighted by Crippen LogP contribution is 2.47. The molecule has 0 saturated heterocycles. The molecule has 3 rings (SSSR count). The molecule has 3 atom stereocenters. The maximum Gasteiger partial charge on any atom is 0.166 e. The number of hydrogen-bond acceptors (Lipinski definition) is 1. The summed E-state index contributed by atoms with van der Waals surface area (Å²) in [5.41, 5.74) is 2.34. The summed E-state index contributed by atoms with van der Waals surface area (Å²) in [6.07, 6.45) is 6.10. The van der Waals surface area contributed by atoms with Crippen LogP contribution in [0.25, 0.3) is 0 Å². The van der Waals surface area contributed by atoms with E-state index in [0.29, 0.717) is 23.5 Å². The maximum atomic E-state index is 12.5. The first-order valence-electron chi connectivity index (χ1n) is 6.96. The van der Waals surface area contributed by atoms with Crippen molar-refractivity contribution in [1.82, 2.24) is 0 Å². The zero-order chi connectivity index (χ0) is 11.8. The van der Waals surface area contributed by atoms with Gasteiger partial charge >= 0.3 is 0 Å². The van der Waals surface area contributed by atoms with E-state index in [4.69, 9.17) is 0 Å². The van der Waals surface area contributed by atoms with Crippen LogP contribution in [0.3, 0.4) is 0 Å². The van der Waals surface area contributed by atoms with Crippen LogP contribution < -0.4 is 0 Å². The number of benzene rings is 1. The van der Waals surface area contributed by atoms with Crippen molar-refractivity contribution in [3.8, 4) is 0 Å². The van der Waals surface area contributed by atoms with E-state index in [1.165, 1.54) is 31.2 Å². The summed E-state index contributed by atoms with van der Waals surface area (Å²) in [5, 5.41) is 0. The molecule has 17 heavy (non-hydrogen) atoms. The number of carbonyl (C=O) groups excluding carboxylic acids is 1. The fourth-order valence-electron chi connectivity index (χ4n) is 3.96. The van der Waals surface area contributed by atoms with Crippen molar-refractivity contribution in [2.24, 2.45) is 11.8 Å². The van der Waals surface area contributed by atoms with Gasteiger partial charge in [-0.1, -0.05) is 44.0 Å². The average molecular weight is 228 g/mol. The first-order chi connectivity index (χ1) is 8.33. The van der Waals surface area contributed by atoms with Crippen molar-refractivity contribution in [3.05, 3.63) is 35.4 Å². The van der Waals surface area contributed by atoms with E-state index in [2.05, 4.69) is 19.1 Å². The molecule has 0 bridgehead atoms. The van der Waals surface area contributed by atoms with Gasteiger partial charge in [-0.3, -0.25) is 4.79 Å². The van der Waals surface area contributed by atoms with Gasteiger partial charge in [0.15, 0.2) is 5.78 Å². The fraction of sp³-hybridized carbons (Fsp3) is 0.562. The Balaban J connectivity index is 2.09. The highest BCUT2D eigenvalue weighted by molar-refractivity contribution is 6.00. The topological polar surface area (TPSA) is 17.1 Å². The van der Waals surface area contributed by atoms with E-state index in [-0.39, 0.29) is 0 Å². The third-order valence-corrected chi connectivity index (χ3v) is 4.74. The summed E-state index contributed by atoms with van der Waals surface area (Å²) in [5.74, 6) is 1.99. The quantitative estimate of drug-likeness (QED) is 0.704. The Hall–Kier alpha value is -1.11. The van der Waals surface area contributed by atoms with Gasteiger partial charge < -0.3 is 0 Å².